The molecule has 0 saturated heterocycles. The lowest BCUT2D eigenvalue weighted by Gasteiger charge is -1.93. The summed E-state index contributed by atoms with van der Waals surface area (Å²) >= 11 is 4.57. The maximum atomic E-state index is 11.0. The van der Waals surface area contributed by atoms with Gasteiger partial charge in [0.1, 0.15) is 0 Å². The molecular weight excluding hydrogens is 230 g/mol. The maximum absolute atomic E-state index is 11.0. The number of nitrogens with zero attached hydrogens (tertiary/aromatic N) is 3. The Hall–Kier alpha value is -2.22. The highest BCUT2D eigenvalue weighted by molar-refractivity contribution is 7.80. The molecule has 0 saturated carbocycles. The van der Waals surface area contributed by atoms with Crippen molar-refractivity contribution >= 4 is 34.6 Å². The van der Waals surface area contributed by atoms with Gasteiger partial charge in [0.15, 0.2) is 5.11 Å². The van der Waals surface area contributed by atoms with E-state index >= 15 is 0 Å². The third kappa shape index (κ3) is 2.06. The maximum Gasteiger partial charge on any atom is 0.249 e. The second-order valence-electron chi connectivity index (χ2n) is 2.91. The summed E-state index contributed by atoms with van der Waals surface area (Å²) in [5.41, 5.74) is 9.15. The Bertz CT molecular complexity index is 565. The molecule has 0 atom stereocenters. The second kappa shape index (κ2) is 4.11. The third-order valence-corrected chi connectivity index (χ3v) is 1.89. The van der Waals surface area contributed by atoms with Gasteiger partial charge in [-0.25, -0.2) is 0 Å². The first-order valence-electron chi connectivity index (χ1n) is 4.25. The van der Waals surface area contributed by atoms with E-state index in [-0.39, 0.29) is 5.11 Å². The quantitative estimate of drug-likeness (QED) is 0.319. The van der Waals surface area contributed by atoms with Gasteiger partial charge >= 0.3 is 0 Å². The van der Waals surface area contributed by atoms with Crippen LogP contribution < -0.4 is 16.1 Å². The van der Waals surface area contributed by atoms with Crippen molar-refractivity contribution in [2.45, 2.75) is 0 Å². The molecule has 2 rings (SSSR count). The Morgan fingerprint density at radius 2 is 2.50 bits per heavy atom. The lowest BCUT2D eigenvalue weighted by atomic mass is 10.2. The molecular formula is C8H7N5O2S. The average molecular weight is 237 g/mol. The lowest BCUT2D eigenvalue weighted by Crippen LogP contribution is -2.24. The van der Waals surface area contributed by atoms with Crippen LogP contribution >= 0.6 is 12.2 Å². The smallest absolute Gasteiger partial charge is 0.249 e. The van der Waals surface area contributed by atoms with Crippen molar-refractivity contribution in [2.24, 2.45) is 10.8 Å². The van der Waals surface area contributed by atoms with Crippen LogP contribution in [0.2, 0.25) is 0 Å². The average Bonchev–Trinajstić information content (AvgIpc) is 2.60. The number of nitrogens with two attached hydrogens (primary N) is 1. The van der Waals surface area contributed by atoms with Crippen molar-refractivity contribution in [1.29, 1.82) is 0 Å². The number of benzene rings is 1. The first kappa shape index (κ1) is 10.3. The van der Waals surface area contributed by atoms with Gasteiger partial charge in [-0.2, -0.15) is 5.10 Å². The van der Waals surface area contributed by atoms with Crippen LogP contribution in [0.15, 0.2) is 27.9 Å². The van der Waals surface area contributed by atoms with Crippen molar-refractivity contribution < 1.29 is 9.53 Å². The summed E-state index contributed by atoms with van der Waals surface area (Å²) in [5, 5.41) is 18.4. The molecule has 7 nitrogen and oxygen atoms in total. The van der Waals surface area contributed by atoms with Gasteiger partial charge in [0.05, 0.1) is 6.21 Å². The number of hydrogen-bond acceptors (Lipinski definition) is 5. The van der Waals surface area contributed by atoms with Crippen LogP contribution in [-0.2, 0) is 0 Å². The van der Waals surface area contributed by atoms with E-state index in [0.717, 1.165) is 5.56 Å². The van der Waals surface area contributed by atoms with E-state index in [1.54, 1.807) is 18.2 Å². The van der Waals surface area contributed by atoms with E-state index in [9.17, 15) is 5.21 Å². The largest absolute Gasteiger partial charge is 0.375 e. The number of nitrogens with one attached hydrogen (secondary N) is 1. The topological polar surface area (TPSA) is 103 Å². The molecule has 1 aromatic carbocycles. The lowest BCUT2D eigenvalue weighted by molar-refractivity contribution is -0.782. The Balaban J connectivity index is 2.26. The molecule has 0 aliphatic heterocycles. The zero-order valence-corrected chi connectivity index (χ0v) is 8.77. The molecule has 1 heterocycles. The first-order valence-corrected chi connectivity index (χ1v) is 4.65. The summed E-state index contributed by atoms with van der Waals surface area (Å²) in [5.74, 6) is 0. The minimum atomic E-state index is 0.0798. The Morgan fingerprint density at radius 1 is 1.69 bits per heavy atom. The molecule has 16 heavy (non-hydrogen) atoms. The van der Waals surface area contributed by atoms with E-state index < -0.39 is 0 Å². The number of fused-ring (bicyclic) bond motifs is 1. The summed E-state index contributed by atoms with van der Waals surface area (Å²) < 4.78 is 4.42. The summed E-state index contributed by atoms with van der Waals surface area (Å²) in [6.07, 6.45) is 1.50. The predicted molar refractivity (Wildman–Crippen MR) is 60.5 cm³/mol. The van der Waals surface area contributed by atoms with E-state index in [1.807, 2.05) is 0 Å². The molecule has 0 aliphatic rings. The molecule has 2 aromatic rings. The van der Waals surface area contributed by atoms with Crippen molar-refractivity contribution in [2.75, 3.05) is 0 Å². The number of aromatic nitrogens is 2. The Labute approximate surface area is 95.1 Å². The highest BCUT2D eigenvalue weighted by Gasteiger charge is 2.08. The molecule has 0 aliphatic carbocycles. The van der Waals surface area contributed by atoms with E-state index in [2.05, 4.69) is 32.5 Å². The van der Waals surface area contributed by atoms with Crippen molar-refractivity contribution in [3.05, 3.63) is 29.0 Å². The zero-order chi connectivity index (χ0) is 11.5. The summed E-state index contributed by atoms with van der Waals surface area (Å²) in [7, 11) is 0. The summed E-state index contributed by atoms with van der Waals surface area (Å²) in [4.78, 5) is 0.337. The summed E-state index contributed by atoms with van der Waals surface area (Å²) in [6, 6.07) is 4.93. The molecule has 0 amide bonds. The highest BCUT2D eigenvalue weighted by atomic mass is 32.1. The monoisotopic (exact) mass is 237 g/mol. The molecule has 0 fully saturated rings. The van der Waals surface area contributed by atoms with Gasteiger partial charge < -0.3 is 10.9 Å². The van der Waals surface area contributed by atoms with Gasteiger partial charge in [-0.1, -0.05) is 0 Å². The SMILES string of the molecule is NC(=S)N/N=C/c1ccc2c(c1)no[n+]2[O-]. The van der Waals surface area contributed by atoms with Crippen LogP contribution in [0.25, 0.3) is 11.0 Å². The van der Waals surface area contributed by atoms with Gasteiger partial charge in [0.2, 0.25) is 11.0 Å². The molecule has 3 N–H and O–H groups in total. The zero-order valence-electron chi connectivity index (χ0n) is 7.95. The van der Waals surface area contributed by atoms with Crippen molar-refractivity contribution in [1.82, 2.24) is 10.6 Å². The van der Waals surface area contributed by atoms with E-state index in [0.29, 0.717) is 15.9 Å². The number of hydrogen-bond donors (Lipinski definition) is 2. The number of thiocarbonyl (C=S) groups is 1. The molecule has 0 unspecified atom stereocenters. The summed E-state index contributed by atoms with van der Waals surface area (Å²) in [6.45, 7) is 0. The van der Waals surface area contributed by atoms with Crippen molar-refractivity contribution in [3.8, 4) is 0 Å². The van der Waals surface area contributed by atoms with Gasteiger partial charge in [-0.05, 0) is 34.8 Å². The molecule has 8 heteroatoms. The van der Waals surface area contributed by atoms with Crippen molar-refractivity contribution in [3.63, 3.8) is 0 Å². The van der Waals surface area contributed by atoms with Gasteiger partial charge in [-0.3, -0.25) is 10.1 Å². The first-order chi connectivity index (χ1) is 7.66. The predicted octanol–water partition coefficient (Wildman–Crippen LogP) is -0.372. The van der Waals surface area contributed by atoms with Crippen LogP contribution in [0.5, 0.6) is 0 Å². The third-order valence-electron chi connectivity index (χ3n) is 1.80. The number of hydrazone groups is 1. The minimum Gasteiger partial charge on any atom is -0.375 e. The molecule has 82 valence electrons. The fourth-order valence-electron chi connectivity index (χ4n) is 1.14. The standard InChI is InChI=1S/C8H7N5O2S/c9-8(16)11-10-4-5-1-2-7-6(3-5)12-15-13(7)14/h1-4H,(H3,9,11,16)/b10-4+. The molecule has 0 bridgehead atoms. The fraction of sp³-hybridized carbons (Fsp3) is 0. The van der Waals surface area contributed by atoms with Crippen LogP contribution in [0.4, 0.5) is 0 Å². The Kier molecular flexibility index (Phi) is 2.64. The van der Waals surface area contributed by atoms with E-state index in [1.165, 1.54) is 6.21 Å². The van der Waals surface area contributed by atoms with Crippen LogP contribution in [0.1, 0.15) is 5.56 Å². The van der Waals surface area contributed by atoms with Crippen LogP contribution in [0, 0.1) is 5.21 Å². The van der Waals surface area contributed by atoms with Gasteiger partial charge in [0.25, 0.3) is 0 Å². The van der Waals surface area contributed by atoms with Gasteiger partial charge in [0, 0.05) is 11.2 Å². The van der Waals surface area contributed by atoms with Crippen LogP contribution in [0.3, 0.4) is 0 Å². The van der Waals surface area contributed by atoms with Crippen LogP contribution in [-0.4, -0.2) is 16.5 Å². The normalized spacial score (nSPS) is 11.0. The second-order valence-corrected chi connectivity index (χ2v) is 3.35. The molecule has 1 aromatic heterocycles. The number of rotatable bonds is 2. The molecule has 0 spiro atoms. The van der Waals surface area contributed by atoms with E-state index in [4.69, 9.17) is 5.73 Å². The Morgan fingerprint density at radius 3 is 3.25 bits per heavy atom. The highest BCUT2D eigenvalue weighted by Crippen LogP contribution is 2.08. The minimum absolute atomic E-state index is 0.0798. The van der Waals surface area contributed by atoms with Gasteiger partial charge in [-0.15, -0.1) is 0 Å². The molecule has 0 radical (unpaired) electrons. The fourth-order valence-corrected chi connectivity index (χ4v) is 1.20.